The Hall–Kier alpha value is -1.02. The maximum atomic E-state index is 11.5. The molecule has 0 atom stereocenters. The number of benzene rings is 1. The van der Waals surface area contributed by atoms with Crippen LogP contribution < -0.4 is 0 Å². The highest BCUT2D eigenvalue weighted by Crippen LogP contribution is 2.11. The van der Waals surface area contributed by atoms with E-state index in [1.807, 2.05) is 0 Å². The van der Waals surface area contributed by atoms with Crippen LogP contribution in [0.1, 0.15) is 36.5 Å². The molecule has 15 heavy (non-hydrogen) atoms. The van der Waals surface area contributed by atoms with Gasteiger partial charge in [0.2, 0.25) is 0 Å². The summed E-state index contributed by atoms with van der Waals surface area (Å²) in [6, 6.07) is 6.79. The fraction of sp³-hybridized carbons (Fsp3) is 0.417. The number of carbonyl (C=O) groups is 1. The van der Waals surface area contributed by atoms with Crippen molar-refractivity contribution in [3.05, 3.63) is 34.9 Å². The van der Waals surface area contributed by atoms with Crippen molar-refractivity contribution in [1.29, 1.82) is 0 Å². The summed E-state index contributed by atoms with van der Waals surface area (Å²) >= 11 is 5.76. The standard InChI is InChI=1S/C12H15ClO2/c1-2-3-4-8-15-12(14)10-6-5-7-11(13)9-10/h5-7,9H,2-4,8H2,1H3. The molecule has 0 aliphatic carbocycles. The Balaban J connectivity index is 2.40. The van der Waals surface area contributed by atoms with Crippen molar-refractivity contribution < 1.29 is 9.53 Å². The molecule has 0 aromatic heterocycles. The molecule has 0 saturated heterocycles. The minimum absolute atomic E-state index is 0.298. The minimum Gasteiger partial charge on any atom is -0.462 e. The summed E-state index contributed by atoms with van der Waals surface area (Å²) in [6.07, 6.45) is 3.13. The Morgan fingerprint density at radius 1 is 1.40 bits per heavy atom. The smallest absolute Gasteiger partial charge is 0.338 e. The Morgan fingerprint density at radius 3 is 2.87 bits per heavy atom. The van der Waals surface area contributed by atoms with Crippen LogP contribution in [-0.2, 0) is 4.74 Å². The Morgan fingerprint density at radius 2 is 2.20 bits per heavy atom. The Bertz CT molecular complexity index is 323. The molecule has 1 rings (SSSR count). The molecule has 0 N–H and O–H groups in total. The molecule has 2 nitrogen and oxygen atoms in total. The van der Waals surface area contributed by atoms with Crippen molar-refractivity contribution in [2.75, 3.05) is 6.61 Å². The molecular weight excluding hydrogens is 212 g/mol. The molecule has 0 fully saturated rings. The van der Waals surface area contributed by atoms with Crippen LogP contribution >= 0.6 is 11.6 Å². The highest BCUT2D eigenvalue weighted by atomic mass is 35.5. The zero-order chi connectivity index (χ0) is 11.1. The first-order chi connectivity index (χ1) is 7.24. The van der Waals surface area contributed by atoms with Crippen molar-refractivity contribution in [2.24, 2.45) is 0 Å². The molecule has 3 heteroatoms. The van der Waals surface area contributed by atoms with Crippen molar-refractivity contribution >= 4 is 17.6 Å². The van der Waals surface area contributed by atoms with Crippen molar-refractivity contribution in [3.63, 3.8) is 0 Å². The van der Waals surface area contributed by atoms with Crippen molar-refractivity contribution in [2.45, 2.75) is 26.2 Å². The van der Waals surface area contributed by atoms with Gasteiger partial charge in [-0.25, -0.2) is 4.79 Å². The van der Waals surface area contributed by atoms with Gasteiger partial charge >= 0.3 is 5.97 Å². The van der Waals surface area contributed by atoms with Crippen LogP contribution in [0.25, 0.3) is 0 Å². The summed E-state index contributed by atoms with van der Waals surface area (Å²) in [5.41, 5.74) is 0.513. The zero-order valence-corrected chi connectivity index (χ0v) is 9.59. The van der Waals surface area contributed by atoms with E-state index < -0.39 is 0 Å². The number of rotatable bonds is 5. The largest absolute Gasteiger partial charge is 0.462 e. The number of unbranched alkanes of at least 4 members (excludes halogenated alkanes) is 2. The van der Waals surface area contributed by atoms with Gasteiger partial charge in [-0.3, -0.25) is 0 Å². The number of ether oxygens (including phenoxy) is 1. The molecule has 0 unspecified atom stereocenters. The molecule has 1 aromatic rings. The number of halogens is 1. The van der Waals surface area contributed by atoms with Crippen LogP contribution in [-0.4, -0.2) is 12.6 Å². The van der Waals surface area contributed by atoms with Gasteiger partial charge in [-0.1, -0.05) is 37.4 Å². The average Bonchev–Trinajstić information content (AvgIpc) is 2.24. The lowest BCUT2D eigenvalue weighted by molar-refractivity contribution is 0.0498. The quantitative estimate of drug-likeness (QED) is 0.566. The van der Waals surface area contributed by atoms with E-state index in [0.29, 0.717) is 17.2 Å². The van der Waals surface area contributed by atoms with Gasteiger partial charge in [-0.15, -0.1) is 0 Å². The fourth-order valence-electron chi connectivity index (χ4n) is 1.22. The summed E-state index contributed by atoms with van der Waals surface area (Å²) in [5.74, 6) is -0.298. The van der Waals surface area contributed by atoms with E-state index in [-0.39, 0.29) is 5.97 Å². The summed E-state index contributed by atoms with van der Waals surface area (Å²) in [4.78, 5) is 11.5. The molecule has 0 aliphatic heterocycles. The average molecular weight is 227 g/mol. The second-order valence-electron chi connectivity index (χ2n) is 3.35. The summed E-state index contributed by atoms with van der Waals surface area (Å²) in [5, 5.41) is 0.554. The number of carbonyl (C=O) groups excluding carboxylic acids is 1. The predicted octanol–water partition coefficient (Wildman–Crippen LogP) is 3.69. The topological polar surface area (TPSA) is 26.3 Å². The third-order valence-corrected chi connectivity index (χ3v) is 2.28. The van der Waals surface area contributed by atoms with Crippen LogP contribution in [0.15, 0.2) is 24.3 Å². The van der Waals surface area contributed by atoms with Crippen LogP contribution in [0.5, 0.6) is 0 Å². The fourth-order valence-corrected chi connectivity index (χ4v) is 1.41. The van der Waals surface area contributed by atoms with E-state index in [9.17, 15) is 4.79 Å². The highest BCUT2D eigenvalue weighted by Gasteiger charge is 2.06. The first kappa shape index (κ1) is 12.1. The van der Waals surface area contributed by atoms with Gasteiger partial charge in [0, 0.05) is 5.02 Å². The predicted molar refractivity (Wildman–Crippen MR) is 61.3 cm³/mol. The second-order valence-corrected chi connectivity index (χ2v) is 3.79. The van der Waals surface area contributed by atoms with Gasteiger partial charge < -0.3 is 4.74 Å². The molecule has 82 valence electrons. The van der Waals surface area contributed by atoms with Gasteiger partial charge in [0.05, 0.1) is 12.2 Å². The molecule has 0 amide bonds. The SMILES string of the molecule is CCCCCOC(=O)c1cccc(Cl)c1. The van der Waals surface area contributed by atoms with E-state index in [0.717, 1.165) is 19.3 Å². The third kappa shape index (κ3) is 4.34. The Kier molecular flexibility index (Phi) is 5.19. The monoisotopic (exact) mass is 226 g/mol. The minimum atomic E-state index is -0.298. The number of hydrogen-bond acceptors (Lipinski definition) is 2. The summed E-state index contributed by atoms with van der Waals surface area (Å²) in [7, 11) is 0. The van der Waals surface area contributed by atoms with Gasteiger partial charge in [0.1, 0.15) is 0 Å². The molecule has 0 heterocycles. The molecule has 0 radical (unpaired) electrons. The van der Waals surface area contributed by atoms with Crippen molar-refractivity contribution in [1.82, 2.24) is 0 Å². The van der Waals surface area contributed by atoms with E-state index in [2.05, 4.69) is 6.92 Å². The van der Waals surface area contributed by atoms with Crippen LogP contribution in [0.2, 0.25) is 5.02 Å². The lowest BCUT2D eigenvalue weighted by Gasteiger charge is -2.04. The molecule has 0 saturated carbocycles. The van der Waals surface area contributed by atoms with Gasteiger partial charge in [0.25, 0.3) is 0 Å². The van der Waals surface area contributed by atoms with Crippen LogP contribution in [0.4, 0.5) is 0 Å². The number of hydrogen-bond donors (Lipinski definition) is 0. The van der Waals surface area contributed by atoms with Gasteiger partial charge in [0.15, 0.2) is 0 Å². The van der Waals surface area contributed by atoms with E-state index in [1.54, 1.807) is 24.3 Å². The summed E-state index contributed by atoms with van der Waals surface area (Å²) in [6.45, 7) is 2.60. The maximum absolute atomic E-state index is 11.5. The Labute approximate surface area is 95.2 Å². The van der Waals surface area contributed by atoms with E-state index in [1.165, 1.54) is 0 Å². The second kappa shape index (κ2) is 6.46. The molecule has 1 aromatic carbocycles. The van der Waals surface area contributed by atoms with Gasteiger partial charge in [-0.05, 0) is 24.6 Å². The molecular formula is C12H15ClO2. The number of esters is 1. The first-order valence-corrected chi connectivity index (χ1v) is 5.54. The molecule has 0 aliphatic rings. The third-order valence-electron chi connectivity index (χ3n) is 2.04. The maximum Gasteiger partial charge on any atom is 0.338 e. The van der Waals surface area contributed by atoms with E-state index in [4.69, 9.17) is 16.3 Å². The van der Waals surface area contributed by atoms with Gasteiger partial charge in [-0.2, -0.15) is 0 Å². The van der Waals surface area contributed by atoms with Crippen molar-refractivity contribution in [3.8, 4) is 0 Å². The molecule has 0 spiro atoms. The lowest BCUT2D eigenvalue weighted by Crippen LogP contribution is -2.06. The first-order valence-electron chi connectivity index (χ1n) is 5.16. The van der Waals surface area contributed by atoms with E-state index >= 15 is 0 Å². The normalized spacial score (nSPS) is 10.0. The zero-order valence-electron chi connectivity index (χ0n) is 8.83. The molecule has 0 bridgehead atoms. The van der Waals surface area contributed by atoms with Crippen LogP contribution in [0.3, 0.4) is 0 Å². The summed E-state index contributed by atoms with van der Waals surface area (Å²) < 4.78 is 5.09. The lowest BCUT2D eigenvalue weighted by atomic mass is 10.2. The van der Waals surface area contributed by atoms with Crippen LogP contribution in [0, 0.1) is 0 Å². The highest BCUT2D eigenvalue weighted by molar-refractivity contribution is 6.30.